The van der Waals surface area contributed by atoms with Gasteiger partial charge in [-0.3, -0.25) is 4.79 Å². The molecule has 0 saturated carbocycles. The number of amides is 1. The zero-order valence-electron chi connectivity index (χ0n) is 13.2. The molecule has 3 rings (SSSR count). The fourth-order valence-corrected chi connectivity index (χ4v) is 3.71. The number of rotatable bonds is 4. The Hall–Kier alpha value is -1.66. The van der Waals surface area contributed by atoms with Crippen LogP contribution in [0.15, 0.2) is 74.9 Å². The summed E-state index contributed by atoms with van der Waals surface area (Å²) in [4.78, 5) is 14.5. The number of aromatic hydroxyl groups is 1. The highest BCUT2D eigenvalue weighted by molar-refractivity contribution is 9.10. The number of carbonyl (C=O) groups excluding carboxylic acids is 1. The van der Waals surface area contributed by atoms with E-state index in [9.17, 15) is 9.90 Å². The van der Waals surface area contributed by atoms with Crippen LogP contribution in [0.3, 0.4) is 0 Å². The van der Waals surface area contributed by atoms with Crippen molar-refractivity contribution in [3.8, 4) is 5.75 Å². The predicted molar refractivity (Wildman–Crippen MR) is 111 cm³/mol. The lowest BCUT2D eigenvalue weighted by atomic mass is 10.2. The standard InChI is InChI=1S/C19H12BrCl2NO2S/c20-12-1-5-14(6-2-12)26-15-7-3-13(4-8-15)23-19(25)11-9-16(21)18(24)17(22)10-11/h1-10,24H,(H,23,25). The molecule has 0 aliphatic rings. The Morgan fingerprint density at radius 1 is 0.923 bits per heavy atom. The molecule has 0 aliphatic carbocycles. The van der Waals surface area contributed by atoms with E-state index in [0.717, 1.165) is 14.3 Å². The van der Waals surface area contributed by atoms with Gasteiger partial charge in [0.2, 0.25) is 0 Å². The Labute approximate surface area is 173 Å². The van der Waals surface area contributed by atoms with Gasteiger partial charge in [-0.25, -0.2) is 0 Å². The van der Waals surface area contributed by atoms with Crippen molar-refractivity contribution in [3.63, 3.8) is 0 Å². The number of hydrogen-bond acceptors (Lipinski definition) is 3. The fourth-order valence-electron chi connectivity index (χ4n) is 2.14. The van der Waals surface area contributed by atoms with E-state index in [0.29, 0.717) is 5.69 Å². The number of anilines is 1. The first kappa shape index (κ1) is 19.1. The van der Waals surface area contributed by atoms with Crippen LogP contribution in [0.2, 0.25) is 10.0 Å². The summed E-state index contributed by atoms with van der Waals surface area (Å²) in [5.74, 6) is -0.596. The van der Waals surface area contributed by atoms with Gasteiger partial charge >= 0.3 is 0 Å². The predicted octanol–water partition coefficient (Wildman–Crippen LogP) is 6.87. The summed E-state index contributed by atoms with van der Waals surface area (Å²) in [5.41, 5.74) is 0.918. The Kier molecular flexibility index (Phi) is 6.14. The highest BCUT2D eigenvalue weighted by atomic mass is 79.9. The molecule has 3 nitrogen and oxygen atoms in total. The second-order valence-electron chi connectivity index (χ2n) is 5.32. The van der Waals surface area contributed by atoms with Crippen molar-refractivity contribution in [2.75, 3.05) is 5.32 Å². The van der Waals surface area contributed by atoms with Gasteiger partial charge in [0, 0.05) is 25.5 Å². The third-order valence-corrected chi connectivity index (χ3v) is 5.56. The third kappa shape index (κ3) is 4.74. The minimum atomic E-state index is -0.359. The quantitative estimate of drug-likeness (QED) is 0.439. The number of hydrogen-bond donors (Lipinski definition) is 2. The fraction of sp³-hybridized carbons (Fsp3) is 0. The van der Waals surface area contributed by atoms with Crippen LogP contribution >= 0.6 is 50.9 Å². The number of phenols is 1. The van der Waals surface area contributed by atoms with Gasteiger partial charge in [0.05, 0.1) is 10.0 Å². The Bertz CT molecular complexity index is 924. The highest BCUT2D eigenvalue weighted by Gasteiger charge is 2.12. The van der Waals surface area contributed by atoms with E-state index >= 15 is 0 Å². The first-order chi connectivity index (χ1) is 12.4. The average molecular weight is 469 g/mol. The molecule has 0 heterocycles. The molecule has 1 amide bonds. The number of phenolic OH excluding ortho intramolecular Hbond substituents is 1. The Morgan fingerprint density at radius 3 is 1.96 bits per heavy atom. The molecule has 7 heteroatoms. The van der Waals surface area contributed by atoms with Gasteiger partial charge in [-0.05, 0) is 60.7 Å². The van der Waals surface area contributed by atoms with E-state index in [1.165, 1.54) is 12.1 Å². The smallest absolute Gasteiger partial charge is 0.255 e. The maximum absolute atomic E-state index is 12.3. The van der Waals surface area contributed by atoms with Crippen molar-refractivity contribution in [3.05, 3.63) is 80.7 Å². The SMILES string of the molecule is O=C(Nc1ccc(Sc2ccc(Br)cc2)cc1)c1cc(Cl)c(O)c(Cl)c1. The van der Waals surface area contributed by atoms with Crippen LogP contribution in [0.1, 0.15) is 10.4 Å². The zero-order chi connectivity index (χ0) is 18.7. The molecule has 0 aromatic heterocycles. The average Bonchev–Trinajstić information content (AvgIpc) is 2.62. The summed E-state index contributed by atoms with van der Waals surface area (Å²) in [6, 6.07) is 18.3. The Morgan fingerprint density at radius 2 is 1.42 bits per heavy atom. The molecule has 0 radical (unpaired) electrons. The summed E-state index contributed by atoms with van der Waals surface area (Å²) in [7, 11) is 0. The van der Waals surface area contributed by atoms with Crippen LogP contribution < -0.4 is 5.32 Å². The molecule has 3 aromatic rings. The van der Waals surface area contributed by atoms with Gasteiger partial charge in [-0.15, -0.1) is 0 Å². The molecule has 2 N–H and O–H groups in total. The zero-order valence-corrected chi connectivity index (χ0v) is 17.1. The second-order valence-corrected chi connectivity index (χ2v) is 8.20. The largest absolute Gasteiger partial charge is 0.505 e. The van der Waals surface area contributed by atoms with Crippen molar-refractivity contribution < 1.29 is 9.90 Å². The van der Waals surface area contributed by atoms with E-state index in [1.807, 2.05) is 48.5 Å². The van der Waals surface area contributed by atoms with Crippen LogP contribution in [-0.4, -0.2) is 11.0 Å². The summed E-state index contributed by atoms with van der Waals surface area (Å²) in [6.45, 7) is 0. The lowest BCUT2D eigenvalue weighted by Gasteiger charge is -2.08. The highest BCUT2D eigenvalue weighted by Crippen LogP contribution is 2.33. The van der Waals surface area contributed by atoms with Crippen LogP contribution in [0.4, 0.5) is 5.69 Å². The van der Waals surface area contributed by atoms with Crippen molar-refractivity contribution >= 4 is 62.5 Å². The van der Waals surface area contributed by atoms with Crippen molar-refractivity contribution in [1.29, 1.82) is 0 Å². The number of nitrogens with one attached hydrogen (secondary N) is 1. The molecule has 0 bridgehead atoms. The van der Waals surface area contributed by atoms with Crippen LogP contribution in [-0.2, 0) is 0 Å². The van der Waals surface area contributed by atoms with Crippen molar-refractivity contribution in [2.24, 2.45) is 0 Å². The normalized spacial score (nSPS) is 10.6. The minimum Gasteiger partial charge on any atom is -0.505 e. The summed E-state index contributed by atoms with van der Waals surface area (Å²) >= 11 is 16.8. The second kappa shape index (κ2) is 8.35. The lowest BCUT2D eigenvalue weighted by molar-refractivity contribution is 0.102. The van der Waals surface area contributed by atoms with Crippen LogP contribution in [0.25, 0.3) is 0 Å². The van der Waals surface area contributed by atoms with Crippen molar-refractivity contribution in [2.45, 2.75) is 9.79 Å². The summed E-state index contributed by atoms with van der Waals surface area (Å²) in [5, 5.41) is 12.4. The first-order valence-electron chi connectivity index (χ1n) is 7.45. The molecule has 0 saturated heterocycles. The summed E-state index contributed by atoms with van der Waals surface area (Å²) < 4.78 is 1.04. The van der Waals surface area contributed by atoms with E-state index in [-0.39, 0.29) is 27.3 Å². The molecule has 3 aromatic carbocycles. The summed E-state index contributed by atoms with van der Waals surface area (Å²) in [6.07, 6.45) is 0. The monoisotopic (exact) mass is 467 g/mol. The van der Waals surface area contributed by atoms with E-state index in [2.05, 4.69) is 21.2 Å². The first-order valence-corrected chi connectivity index (χ1v) is 9.82. The molecule has 0 atom stereocenters. The van der Waals surface area contributed by atoms with Gasteiger partial charge in [0.15, 0.2) is 5.75 Å². The van der Waals surface area contributed by atoms with Crippen LogP contribution in [0, 0.1) is 0 Å². The lowest BCUT2D eigenvalue weighted by Crippen LogP contribution is -2.11. The number of halogens is 3. The van der Waals surface area contributed by atoms with Gasteiger partial charge in [-0.1, -0.05) is 50.9 Å². The van der Waals surface area contributed by atoms with Gasteiger partial charge in [-0.2, -0.15) is 0 Å². The van der Waals surface area contributed by atoms with Gasteiger partial charge in [0.1, 0.15) is 0 Å². The molecule has 0 unspecified atom stereocenters. The van der Waals surface area contributed by atoms with Crippen molar-refractivity contribution in [1.82, 2.24) is 0 Å². The number of carbonyl (C=O) groups is 1. The molecular weight excluding hydrogens is 457 g/mol. The maximum Gasteiger partial charge on any atom is 0.255 e. The topological polar surface area (TPSA) is 49.3 Å². The molecule has 0 spiro atoms. The van der Waals surface area contributed by atoms with Gasteiger partial charge in [0.25, 0.3) is 5.91 Å². The van der Waals surface area contributed by atoms with Crippen LogP contribution in [0.5, 0.6) is 5.75 Å². The molecule has 26 heavy (non-hydrogen) atoms. The maximum atomic E-state index is 12.3. The molecule has 0 aliphatic heterocycles. The van der Waals surface area contributed by atoms with E-state index in [4.69, 9.17) is 23.2 Å². The third-order valence-electron chi connectivity index (χ3n) is 3.44. The molecule has 132 valence electrons. The molecule has 0 fully saturated rings. The van der Waals surface area contributed by atoms with E-state index < -0.39 is 0 Å². The molecular formula is C19H12BrCl2NO2S. The Balaban J connectivity index is 1.69. The van der Waals surface area contributed by atoms with E-state index in [1.54, 1.807) is 11.8 Å². The number of benzene rings is 3. The van der Waals surface area contributed by atoms with Gasteiger partial charge < -0.3 is 10.4 Å². The minimum absolute atomic E-state index is 0.0314.